The summed E-state index contributed by atoms with van der Waals surface area (Å²) in [6.45, 7) is 8.40. The number of benzene rings is 1. The van der Waals surface area contributed by atoms with Gasteiger partial charge in [-0.3, -0.25) is 4.79 Å². The van der Waals surface area contributed by atoms with E-state index in [1.165, 1.54) is 5.56 Å². The maximum Gasteiger partial charge on any atom is 0.290 e. The smallest absolute Gasteiger partial charge is 0.290 e. The van der Waals surface area contributed by atoms with Crippen LogP contribution in [0, 0.1) is 13.8 Å². The van der Waals surface area contributed by atoms with Crippen molar-refractivity contribution in [3.63, 3.8) is 0 Å². The van der Waals surface area contributed by atoms with Gasteiger partial charge >= 0.3 is 0 Å². The molecule has 0 radical (unpaired) electrons. The van der Waals surface area contributed by atoms with Gasteiger partial charge in [0.05, 0.1) is 6.54 Å². The van der Waals surface area contributed by atoms with Crippen LogP contribution >= 0.6 is 0 Å². The molecular formula is C21H23NO4. The van der Waals surface area contributed by atoms with Crippen molar-refractivity contribution in [3.8, 4) is 11.7 Å². The minimum Gasteiger partial charge on any atom is -0.465 e. The number of hydrogen-bond donors (Lipinski definition) is 1. The summed E-state index contributed by atoms with van der Waals surface area (Å²) in [6, 6.07) is 13.0. The number of aryl methyl sites for hydroxylation is 2. The molecule has 2 heterocycles. The summed E-state index contributed by atoms with van der Waals surface area (Å²) in [5.41, 5.74) is 2.19. The normalized spacial score (nSPS) is 11.0. The van der Waals surface area contributed by atoms with Gasteiger partial charge in [-0.05, 0) is 55.2 Å². The van der Waals surface area contributed by atoms with Crippen LogP contribution in [-0.4, -0.2) is 5.91 Å². The number of carbonyl (C=O) groups excluding carboxylic acids is 1. The summed E-state index contributed by atoms with van der Waals surface area (Å²) < 4.78 is 16.8. The molecule has 2 aromatic heterocycles. The maximum absolute atomic E-state index is 12.2. The molecule has 0 atom stereocenters. The Morgan fingerprint density at radius 2 is 1.88 bits per heavy atom. The van der Waals surface area contributed by atoms with Crippen molar-refractivity contribution in [1.82, 2.24) is 5.32 Å². The molecule has 0 spiro atoms. The Labute approximate surface area is 153 Å². The zero-order valence-electron chi connectivity index (χ0n) is 15.5. The van der Waals surface area contributed by atoms with Gasteiger partial charge in [-0.2, -0.15) is 0 Å². The molecule has 5 heteroatoms. The molecule has 0 bridgehead atoms. The van der Waals surface area contributed by atoms with Crippen LogP contribution in [0.3, 0.4) is 0 Å². The van der Waals surface area contributed by atoms with E-state index in [2.05, 4.69) is 25.2 Å². The van der Waals surface area contributed by atoms with Crippen molar-refractivity contribution in [2.24, 2.45) is 0 Å². The lowest BCUT2D eigenvalue weighted by atomic mass is 10.0. The van der Waals surface area contributed by atoms with Gasteiger partial charge in [-0.25, -0.2) is 0 Å². The minimum absolute atomic E-state index is 0.195. The van der Waals surface area contributed by atoms with Crippen LogP contribution in [0.1, 0.15) is 53.0 Å². The molecular weight excluding hydrogens is 330 g/mol. The first kappa shape index (κ1) is 17.9. The third kappa shape index (κ3) is 4.17. The Morgan fingerprint density at radius 1 is 1.08 bits per heavy atom. The summed E-state index contributed by atoms with van der Waals surface area (Å²) in [5.74, 6) is 2.79. The van der Waals surface area contributed by atoms with E-state index < -0.39 is 0 Å². The molecule has 0 fully saturated rings. The largest absolute Gasteiger partial charge is 0.465 e. The Morgan fingerprint density at radius 3 is 2.58 bits per heavy atom. The van der Waals surface area contributed by atoms with Gasteiger partial charge < -0.3 is 18.9 Å². The number of rotatable bonds is 6. The van der Waals surface area contributed by atoms with Crippen LogP contribution in [0.4, 0.5) is 0 Å². The first-order valence-corrected chi connectivity index (χ1v) is 8.64. The van der Waals surface area contributed by atoms with Crippen molar-refractivity contribution in [2.75, 3.05) is 0 Å². The Bertz CT molecular complexity index is 904. The van der Waals surface area contributed by atoms with Crippen LogP contribution in [0.25, 0.3) is 0 Å². The van der Waals surface area contributed by atoms with Gasteiger partial charge in [0.25, 0.3) is 11.9 Å². The average molecular weight is 353 g/mol. The number of hydrogen-bond acceptors (Lipinski definition) is 4. The molecule has 136 valence electrons. The first-order valence-electron chi connectivity index (χ1n) is 8.64. The lowest BCUT2D eigenvalue weighted by molar-refractivity contribution is 0.0915. The number of ether oxygens (including phenoxy) is 1. The monoisotopic (exact) mass is 353 g/mol. The summed E-state index contributed by atoms with van der Waals surface area (Å²) in [6.07, 6.45) is 0. The van der Waals surface area contributed by atoms with E-state index in [1.807, 2.05) is 38.1 Å². The van der Waals surface area contributed by atoms with Crippen molar-refractivity contribution < 1.29 is 18.4 Å². The predicted molar refractivity (Wildman–Crippen MR) is 98.7 cm³/mol. The zero-order chi connectivity index (χ0) is 18.7. The van der Waals surface area contributed by atoms with Crippen LogP contribution in [0.15, 0.2) is 51.3 Å². The van der Waals surface area contributed by atoms with Crippen LogP contribution in [0.2, 0.25) is 0 Å². The lowest BCUT2D eigenvalue weighted by Gasteiger charge is -2.10. The molecule has 0 unspecified atom stereocenters. The standard InChI is InChI=1S/C21H23NO4/c1-13(2)16-7-5-14(3)19(11-16)26-20-10-9-18(25-20)21(23)22-12-17-8-6-15(4)24-17/h5-11,13H,12H2,1-4H3,(H,22,23). The van der Waals surface area contributed by atoms with Crippen molar-refractivity contribution in [2.45, 2.75) is 40.2 Å². The SMILES string of the molecule is Cc1ccc(CNC(=O)c2ccc(Oc3cc(C(C)C)ccc3C)o2)o1. The van der Waals surface area contributed by atoms with Gasteiger partial charge in [-0.1, -0.05) is 26.0 Å². The molecule has 0 saturated heterocycles. The second kappa shape index (κ2) is 7.52. The number of furan rings is 2. The highest BCUT2D eigenvalue weighted by Crippen LogP contribution is 2.29. The summed E-state index contributed by atoms with van der Waals surface area (Å²) in [4.78, 5) is 12.2. The fraction of sp³-hybridized carbons (Fsp3) is 0.286. The number of nitrogens with one attached hydrogen (secondary N) is 1. The highest BCUT2D eigenvalue weighted by molar-refractivity contribution is 5.91. The van der Waals surface area contributed by atoms with Crippen molar-refractivity contribution in [1.29, 1.82) is 0 Å². The van der Waals surface area contributed by atoms with E-state index in [0.29, 0.717) is 18.2 Å². The average Bonchev–Trinajstić information content (AvgIpc) is 3.23. The fourth-order valence-corrected chi connectivity index (χ4v) is 2.53. The van der Waals surface area contributed by atoms with Gasteiger partial charge in [0, 0.05) is 6.07 Å². The van der Waals surface area contributed by atoms with E-state index >= 15 is 0 Å². The molecule has 1 amide bonds. The second-order valence-electron chi connectivity index (χ2n) is 6.60. The molecule has 5 nitrogen and oxygen atoms in total. The number of amides is 1. The van der Waals surface area contributed by atoms with E-state index in [1.54, 1.807) is 12.1 Å². The molecule has 0 saturated carbocycles. The van der Waals surface area contributed by atoms with Gasteiger partial charge in [0.2, 0.25) is 0 Å². The Hall–Kier alpha value is -2.95. The fourth-order valence-electron chi connectivity index (χ4n) is 2.53. The van der Waals surface area contributed by atoms with Gasteiger partial charge in [0.15, 0.2) is 5.76 Å². The number of carbonyl (C=O) groups is 1. The molecule has 0 aliphatic heterocycles. The molecule has 1 N–H and O–H groups in total. The molecule has 3 aromatic rings. The second-order valence-corrected chi connectivity index (χ2v) is 6.60. The highest BCUT2D eigenvalue weighted by atomic mass is 16.6. The highest BCUT2D eigenvalue weighted by Gasteiger charge is 2.14. The first-order chi connectivity index (χ1) is 12.4. The summed E-state index contributed by atoms with van der Waals surface area (Å²) in [7, 11) is 0. The molecule has 1 aromatic carbocycles. The Balaban J connectivity index is 1.66. The molecule has 26 heavy (non-hydrogen) atoms. The van der Waals surface area contributed by atoms with E-state index in [4.69, 9.17) is 13.6 Å². The van der Waals surface area contributed by atoms with E-state index in [0.717, 1.165) is 17.1 Å². The minimum atomic E-state index is -0.318. The predicted octanol–water partition coefficient (Wildman–Crippen LogP) is 5.34. The molecule has 3 rings (SSSR count). The molecule has 0 aliphatic rings. The van der Waals surface area contributed by atoms with E-state index in [-0.39, 0.29) is 17.6 Å². The van der Waals surface area contributed by atoms with Crippen LogP contribution in [0.5, 0.6) is 11.7 Å². The van der Waals surface area contributed by atoms with E-state index in [9.17, 15) is 4.79 Å². The lowest BCUT2D eigenvalue weighted by Crippen LogP contribution is -2.21. The van der Waals surface area contributed by atoms with Crippen molar-refractivity contribution >= 4 is 5.91 Å². The summed E-state index contributed by atoms with van der Waals surface area (Å²) in [5, 5.41) is 2.76. The molecule has 0 aliphatic carbocycles. The summed E-state index contributed by atoms with van der Waals surface area (Å²) >= 11 is 0. The van der Waals surface area contributed by atoms with Crippen molar-refractivity contribution in [3.05, 3.63) is 70.9 Å². The van der Waals surface area contributed by atoms with Gasteiger partial charge in [-0.15, -0.1) is 0 Å². The van der Waals surface area contributed by atoms with Gasteiger partial charge in [0.1, 0.15) is 17.3 Å². The zero-order valence-corrected chi connectivity index (χ0v) is 15.5. The Kier molecular flexibility index (Phi) is 5.16. The third-order valence-electron chi connectivity index (χ3n) is 4.11. The maximum atomic E-state index is 12.2. The van der Waals surface area contributed by atoms with Crippen LogP contribution in [-0.2, 0) is 6.54 Å². The third-order valence-corrected chi connectivity index (χ3v) is 4.11. The topological polar surface area (TPSA) is 64.6 Å². The quantitative estimate of drug-likeness (QED) is 0.650. The van der Waals surface area contributed by atoms with Crippen LogP contribution < -0.4 is 10.1 Å².